The summed E-state index contributed by atoms with van der Waals surface area (Å²) < 4.78 is 1.06. The topological polar surface area (TPSA) is 34.1 Å². The molecule has 0 spiro atoms. The van der Waals surface area contributed by atoms with Gasteiger partial charge in [0.05, 0.1) is 0 Å². The predicted molar refractivity (Wildman–Crippen MR) is 86.4 cm³/mol. The van der Waals surface area contributed by atoms with Gasteiger partial charge in [0, 0.05) is 0 Å². The number of halogens is 1. The van der Waals surface area contributed by atoms with Crippen LogP contribution in [-0.4, -0.2) is 11.6 Å². The molecule has 4 aliphatic rings. The second-order valence-corrected chi connectivity index (χ2v) is 15.2. The summed E-state index contributed by atoms with van der Waals surface area (Å²) in [5.41, 5.74) is 0.113. The molecule has 0 N–H and O–H groups in total. The van der Waals surface area contributed by atoms with E-state index in [0.717, 1.165) is 41.6 Å². The summed E-state index contributed by atoms with van der Waals surface area (Å²) in [4.78, 5) is 24.8. The molecule has 4 aliphatic carbocycles. The molecule has 4 rings (SSSR count). The zero-order valence-electron chi connectivity index (χ0n) is 14.2. The molecule has 0 saturated heterocycles. The van der Waals surface area contributed by atoms with Crippen molar-refractivity contribution in [2.75, 3.05) is 0 Å². The van der Waals surface area contributed by atoms with Gasteiger partial charge < -0.3 is 0 Å². The Morgan fingerprint density at radius 2 is 1.91 bits per heavy atom. The summed E-state index contributed by atoms with van der Waals surface area (Å²) in [6.45, 7) is 4.64. The standard InChI is InChI=1S/C19H25O2.ClH.Hg/c1-18-9-7-13(20)11-12(18)3-4-14-15-5-6-17(21)19(15,2)10-8-16(14)18;;/h9,12,14-16H,3-6,8,10-11H2,1-2H3;1H;/q;;+1/p-1. The first kappa shape index (κ1) is 16.8. The van der Waals surface area contributed by atoms with Crippen LogP contribution in [0.5, 0.6) is 0 Å². The van der Waals surface area contributed by atoms with Crippen molar-refractivity contribution < 1.29 is 32.9 Å². The number of ketones is 2. The van der Waals surface area contributed by atoms with Crippen molar-refractivity contribution in [2.45, 2.75) is 58.8 Å². The maximum atomic E-state index is 12.4. The molecular weight excluding hydrogens is 496 g/mol. The average Bonchev–Trinajstić information content (AvgIpc) is 2.83. The number of hydrogen-bond acceptors (Lipinski definition) is 2. The zero-order chi connectivity index (χ0) is 16.4. The van der Waals surface area contributed by atoms with E-state index in [1.54, 1.807) is 0 Å². The third-order valence-corrected chi connectivity index (χ3v) is 14.1. The molecule has 0 aromatic carbocycles. The van der Waals surface area contributed by atoms with Crippen LogP contribution in [0.15, 0.2) is 9.16 Å². The van der Waals surface area contributed by atoms with Crippen LogP contribution < -0.4 is 0 Å². The maximum absolute atomic E-state index is 12.4. The normalized spacial score (nSPS) is 48.9. The van der Waals surface area contributed by atoms with Gasteiger partial charge in [-0.25, -0.2) is 0 Å². The summed E-state index contributed by atoms with van der Waals surface area (Å²) in [6.07, 6.45) is 9.57. The number of allylic oxidation sites excluding steroid dienone is 2. The van der Waals surface area contributed by atoms with Crippen LogP contribution in [0, 0.1) is 34.5 Å². The van der Waals surface area contributed by atoms with Crippen molar-refractivity contribution in [2.24, 2.45) is 34.5 Å². The first-order valence-corrected chi connectivity index (χ1v) is 18.8. The van der Waals surface area contributed by atoms with Crippen LogP contribution in [0.1, 0.15) is 58.8 Å². The third kappa shape index (κ3) is 2.29. The molecule has 6 atom stereocenters. The van der Waals surface area contributed by atoms with Crippen LogP contribution in [0.2, 0.25) is 0 Å². The molecule has 3 fully saturated rings. The Balaban J connectivity index is 1.71. The van der Waals surface area contributed by atoms with Crippen LogP contribution in [-0.2, 0) is 32.9 Å². The molecule has 4 heteroatoms. The van der Waals surface area contributed by atoms with Gasteiger partial charge in [-0.15, -0.1) is 0 Å². The minimum absolute atomic E-state index is 0.0477. The Labute approximate surface area is 154 Å². The van der Waals surface area contributed by atoms with Gasteiger partial charge in [-0.2, -0.15) is 0 Å². The molecule has 0 aromatic heterocycles. The van der Waals surface area contributed by atoms with Crippen molar-refractivity contribution in [3.05, 3.63) is 9.16 Å². The van der Waals surface area contributed by atoms with Gasteiger partial charge in [0.15, 0.2) is 0 Å². The second-order valence-electron chi connectivity index (χ2n) is 8.87. The van der Waals surface area contributed by atoms with Crippen molar-refractivity contribution in [3.8, 4) is 0 Å². The van der Waals surface area contributed by atoms with Gasteiger partial charge in [-0.1, -0.05) is 0 Å². The van der Waals surface area contributed by atoms with Crippen molar-refractivity contribution in [1.82, 2.24) is 0 Å². The van der Waals surface area contributed by atoms with E-state index in [1.807, 2.05) is 0 Å². The summed E-state index contributed by atoms with van der Waals surface area (Å²) in [5, 5.41) is 0. The fraction of sp³-hybridized carbons (Fsp3) is 0.789. The monoisotopic (exact) mass is 522 g/mol. The molecular formula is C19H25ClHgO2. The Bertz CT molecular complexity index is 600. The molecule has 0 radical (unpaired) electrons. The number of Topliss-reactive ketones (excluding diaryl/α,β-unsaturated/α-hetero) is 2. The summed E-state index contributed by atoms with van der Waals surface area (Å²) in [6, 6.07) is 0. The van der Waals surface area contributed by atoms with Crippen molar-refractivity contribution in [1.29, 1.82) is 0 Å². The van der Waals surface area contributed by atoms with E-state index in [-0.39, 0.29) is 10.8 Å². The van der Waals surface area contributed by atoms with Gasteiger partial charge in [-0.05, 0) is 0 Å². The Morgan fingerprint density at radius 3 is 2.65 bits per heavy atom. The number of fused-ring (bicyclic) bond motifs is 5. The first-order chi connectivity index (χ1) is 10.9. The molecule has 2 nitrogen and oxygen atoms in total. The second kappa shape index (κ2) is 5.66. The van der Waals surface area contributed by atoms with Gasteiger partial charge in [0.2, 0.25) is 0 Å². The Kier molecular flexibility index (Phi) is 4.12. The van der Waals surface area contributed by atoms with Gasteiger partial charge >= 0.3 is 155 Å². The van der Waals surface area contributed by atoms with E-state index in [2.05, 4.69) is 19.9 Å². The van der Waals surface area contributed by atoms with Gasteiger partial charge in [-0.3, -0.25) is 0 Å². The average molecular weight is 521 g/mol. The van der Waals surface area contributed by atoms with Crippen molar-refractivity contribution in [3.63, 3.8) is 0 Å². The zero-order valence-corrected chi connectivity index (χ0v) is 20.5. The Hall–Kier alpha value is 0.305. The molecule has 0 heterocycles. The molecule has 0 aliphatic heterocycles. The fourth-order valence-electron chi connectivity index (χ4n) is 6.71. The predicted octanol–water partition coefficient (Wildman–Crippen LogP) is 4.51. The summed E-state index contributed by atoms with van der Waals surface area (Å²) >= 11 is -1.66. The van der Waals surface area contributed by atoms with Gasteiger partial charge in [0.1, 0.15) is 0 Å². The van der Waals surface area contributed by atoms with E-state index in [0.29, 0.717) is 35.2 Å². The fourth-order valence-corrected chi connectivity index (χ4v) is 11.8. The van der Waals surface area contributed by atoms with Crippen LogP contribution >= 0.6 is 8.25 Å². The number of carbonyl (C=O) groups is 2. The number of carbonyl (C=O) groups excluding carboxylic acids is 2. The van der Waals surface area contributed by atoms with E-state index in [9.17, 15) is 9.59 Å². The summed E-state index contributed by atoms with van der Waals surface area (Å²) in [5.74, 6) is 3.31. The van der Waals surface area contributed by atoms with E-state index in [1.165, 1.54) is 6.42 Å². The molecule has 122 valence electrons. The molecule has 3 saturated carbocycles. The molecule has 0 aromatic rings. The summed E-state index contributed by atoms with van der Waals surface area (Å²) in [7, 11) is 6.26. The SMILES string of the molecule is CC12CCC3C(CCC4CC(=O)[C]([Hg][Cl])=CC43C)C1CCC2=O. The molecule has 0 amide bonds. The molecule has 23 heavy (non-hydrogen) atoms. The first-order valence-electron chi connectivity index (χ1n) is 9.24. The molecule has 0 bridgehead atoms. The van der Waals surface area contributed by atoms with Gasteiger partial charge in [0.25, 0.3) is 0 Å². The van der Waals surface area contributed by atoms with Crippen molar-refractivity contribution >= 4 is 19.8 Å². The van der Waals surface area contributed by atoms with Crippen LogP contribution in [0.25, 0.3) is 0 Å². The Morgan fingerprint density at radius 1 is 1.13 bits per heavy atom. The van der Waals surface area contributed by atoms with Crippen LogP contribution in [0.3, 0.4) is 0 Å². The van der Waals surface area contributed by atoms with Crippen LogP contribution in [0.4, 0.5) is 0 Å². The van der Waals surface area contributed by atoms with E-state index < -0.39 is 23.3 Å². The number of hydrogen-bond donors (Lipinski definition) is 0. The molecule has 6 unspecified atom stereocenters. The van der Waals surface area contributed by atoms with E-state index in [4.69, 9.17) is 8.25 Å². The van der Waals surface area contributed by atoms with E-state index >= 15 is 0 Å². The number of rotatable bonds is 1. The quantitative estimate of drug-likeness (QED) is 0.476. The minimum atomic E-state index is -1.66. The third-order valence-electron chi connectivity index (χ3n) is 8.09.